The first kappa shape index (κ1) is 21.6. The molecule has 0 unspecified atom stereocenters. The monoisotopic (exact) mass is 403 g/mol. The van der Waals surface area contributed by atoms with E-state index in [1.54, 1.807) is 6.08 Å². The normalized spacial score (nSPS) is 22.6. The maximum atomic E-state index is 13.3. The predicted molar refractivity (Wildman–Crippen MR) is 112 cm³/mol. The molecule has 1 aliphatic carbocycles. The Hall–Kier alpha value is -2.15. The number of nitro groups is 1. The molecule has 0 spiro atoms. The summed E-state index contributed by atoms with van der Waals surface area (Å²) < 4.78 is 5.17. The van der Waals surface area contributed by atoms with Crippen LogP contribution in [0.15, 0.2) is 22.6 Å². The van der Waals surface area contributed by atoms with Gasteiger partial charge in [0.2, 0.25) is 5.91 Å². The molecule has 1 aliphatic heterocycles. The molecule has 2 aliphatic rings. The van der Waals surface area contributed by atoms with Gasteiger partial charge >= 0.3 is 5.88 Å². The molecule has 7 nitrogen and oxygen atoms in total. The lowest BCUT2D eigenvalue weighted by Gasteiger charge is -2.51. The highest BCUT2D eigenvalue weighted by Crippen LogP contribution is 2.35. The summed E-state index contributed by atoms with van der Waals surface area (Å²) in [5.74, 6) is -0.0304. The van der Waals surface area contributed by atoms with Crippen LogP contribution < -0.4 is 5.32 Å². The Labute approximate surface area is 172 Å². The highest BCUT2D eigenvalue weighted by Gasteiger charge is 2.42. The van der Waals surface area contributed by atoms with Crippen molar-refractivity contribution in [1.29, 1.82) is 0 Å². The molecule has 29 heavy (non-hydrogen) atoms. The van der Waals surface area contributed by atoms with Gasteiger partial charge in [0, 0.05) is 29.2 Å². The zero-order valence-corrected chi connectivity index (χ0v) is 17.9. The van der Waals surface area contributed by atoms with Gasteiger partial charge in [0.15, 0.2) is 0 Å². The maximum Gasteiger partial charge on any atom is 0.433 e. The molecule has 7 heteroatoms. The molecule has 0 bridgehead atoms. The van der Waals surface area contributed by atoms with Crippen LogP contribution in [-0.2, 0) is 4.79 Å². The minimum absolute atomic E-state index is 0.0329. The van der Waals surface area contributed by atoms with Gasteiger partial charge in [0.05, 0.1) is 6.07 Å². The van der Waals surface area contributed by atoms with E-state index in [9.17, 15) is 14.9 Å². The van der Waals surface area contributed by atoms with E-state index in [1.165, 1.54) is 24.6 Å². The number of nitrogens with one attached hydrogen (secondary N) is 1. The van der Waals surface area contributed by atoms with Crippen LogP contribution in [-0.4, -0.2) is 38.9 Å². The third-order valence-corrected chi connectivity index (χ3v) is 5.97. The van der Waals surface area contributed by atoms with Crippen molar-refractivity contribution in [2.75, 3.05) is 0 Å². The fraction of sp³-hybridized carbons (Fsp3) is 0.682. The Morgan fingerprint density at radius 1 is 1.14 bits per heavy atom. The molecule has 1 saturated heterocycles. The summed E-state index contributed by atoms with van der Waals surface area (Å²) in [7, 11) is 0. The summed E-state index contributed by atoms with van der Waals surface area (Å²) >= 11 is 0. The molecule has 0 atom stereocenters. The number of rotatable bonds is 5. The zero-order chi connectivity index (χ0) is 21.2. The highest BCUT2D eigenvalue weighted by molar-refractivity contribution is 5.92. The number of nitrogens with zero attached hydrogens (tertiary/aromatic N) is 2. The van der Waals surface area contributed by atoms with E-state index in [0.717, 1.165) is 38.5 Å². The quantitative estimate of drug-likeness (QED) is 0.438. The van der Waals surface area contributed by atoms with Crippen LogP contribution in [0.1, 0.15) is 78.4 Å². The number of hydrogen-bond donors (Lipinski definition) is 1. The molecule has 0 aromatic carbocycles. The van der Waals surface area contributed by atoms with Crippen LogP contribution in [0.3, 0.4) is 0 Å². The van der Waals surface area contributed by atoms with Crippen molar-refractivity contribution in [2.24, 2.45) is 0 Å². The summed E-state index contributed by atoms with van der Waals surface area (Å²) in [6.07, 6.45) is 10.5. The van der Waals surface area contributed by atoms with E-state index < -0.39 is 4.92 Å². The molecule has 0 radical (unpaired) electrons. The molecule has 1 aromatic heterocycles. The Bertz CT molecular complexity index is 759. The van der Waals surface area contributed by atoms with Gasteiger partial charge in [-0.25, -0.2) is 0 Å². The predicted octanol–water partition coefficient (Wildman–Crippen LogP) is 4.67. The fourth-order valence-electron chi connectivity index (χ4n) is 5.25. The summed E-state index contributed by atoms with van der Waals surface area (Å²) in [5, 5.41) is 14.5. The van der Waals surface area contributed by atoms with Gasteiger partial charge in [0.25, 0.3) is 0 Å². The van der Waals surface area contributed by atoms with Gasteiger partial charge < -0.3 is 14.6 Å². The summed E-state index contributed by atoms with van der Waals surface area (Å²) in [5.41, 5.74) is -0.101. The number of piperidine rings is 1. The van der Waals surface area contributed by atoms with Crippen LogP contribution in [0.5, 0.6) is 0 Å². The molecule has 160 valence electrons. The number of carbonyl (C=O) groups excluding carboxylic acids is 1. The standard InChI is InChI=1S/C22H33N3O4/c1-21(2)14-17(15-22(3,4)23-21)24(16-8-6-5-7-9-16)19(26)12-10-18-11-13-20(29-18)25(27)28/h10-13,16-17,23H,5-9,14-15H2,1-4H3/b12-10-. The molecule has 2 fully saturated rings. The van der Waals surface area contributed by atoms with Gasteiger partial charge in [0.1, 0.15) is 10.7 Å². The smallest absolute Gasteiger partial charge is 0.401 e. The molecule has 1 N–H and O–H groups in total. The third kappa shape index (κ3) is 5.47. The second-order valence-corrected chi connectivity index (χ2v) is 9.76. The van der Waals surface area contributed by atoms with Crippen molar-refractivity contribution < 1.29 is 14.1 Å². The molecule has 1 saturated carbocycles. The van der Waals surface area contributed by atoms with Crippen LogP contribution in [0.25, 0.3) is 6.08 Å². The summed E-state index contributed by atoms with van der Waals surface area (Å²) in [4.78, 5) is 25.6. The Morgan fingerprint density at radius 3 is 2.31 bits per heavy atom. The van der Waals surface area contributed by atoms with Gasteiger partial charge in [-0.3, -0.25) is 14.9 Å². The Kier molecular flexibility index (Phi) is 6.17. The van der Waals surface area contributed by atoms with E-state index in [-0.39, 0.29) is 35.0 Å². The van der Waals surface area contributed by atoms with Crippen molar-refractivity contribution in [2.45, 2.75) is 95.8 Å². The highest BCUT2D eigenvalue weighted by atomic mass is 16.6. The molecular weight excluding hydrogens is 370 g/mol. The largest absolute Gasteiger partial charge is 0.433 e. The third-order valence-electron chi connectivity index (χ3n) is 5.97. The molecule has 1 amide bonds. The van der Waals surface area contributed by atoms with Gasteiger partial charge in [-0.15, -0.1) is 0 Å². The van der Waals surface area contributed by atoms with Crippen LogP contribution >= 0.6 is 0 Å². The van der Waals surface area contributed by atoms with Gasteiger partial charge in [-0.1, -0.05) is 19.3 Å². The summed E-state index contributed by atoms with van der Waals surface area (Å²) in [6.45, 7) is 8.79. The number of carbonyl (C=O) groups is 1. The maximum absolute atomic E-state index is 13.3. The molecule has 3 rings (SSSR count). The average Bonchev–Trinajstić information content (AvgIpc) is 3.08. The Morgan fingerprint density at radius 2 is 1.76 bits per heavy atom. The molecule has 1 aromatic rings. The number of hydrogen-bond acceptors (Lipinski definition) is 5. The second-order valence-electron chi connectivity index (χ2n) is 9.76. The van der Waals surface area contributed by atoms with E-state index in [2.05, 4.69) is 37.9 Å². The van der Waals surface area contributed by atoms with Gasteiger partial charge in [-0.05, 0) is 65.5 Å². The minimum Gasteiger partial charge on any atom is -0.401 e. The first-order valence-corrected chi connectivity index (χ1v) is 10.6. The van der Waals surface area contributed by atoms with Crippen molar-refractivity contribution in [3.05, 3.63) is 34.1 Å². The first-order chi connectivity index (χ1) is 13.6. The topological polar surface area (TPSA) is 88.6 Å². The van der Waals surface area contributed by atoms with Crippen molar-refractivity contribution in [3.8, 4) is 0 Å². The van der Waals surface area contributed by atoms with E-state index in [0.29, 0.717) is 5.76 Å². The molecule has 2 heterocycles. The van der Waals surface area contributed by atoms with Crippen LogP contribution in [0, 0.1) is 10.1 Å². The van der Waals surface area contributed by atoms with Crippen LogP contribution in [0.4, 0.5) is 5.88 Å². The van der Waals surface area contributed by atoms with E-state index in [1.807, 2.05) is 0 Å². The SMILES string of the molecule is CC1(C)CC(N(C(=O)/C=C\c2ccc([N+](=O)[O-])o2)C2CCCCC2)CC(C)(C)N1. The average molecular weight is 404 g/mol. The first-order valence-electron chi connectivity index (χ1n) is 10.6. The lowest BCUT2D eigenvalue weighted by molar-refractivity contribution is -0.402. The number of amides is 1. The van der Waals surface area contributed by atoms with Crippen molar-refractivity contribution in [3.63, 3.8) is 0 Å². The van der Waals surface area contributed by atoms with Gasteiger partial charge in [-0.2, -0.15) is 0 Å². The fourth-order valence-corrected chi connectivity index (χ4v) is 5.25. The van der Waals surface area contributed by atoms with E-state index in [4.69, 9.17) is 4.42 Å². The second kappa shape index (κ2) is 8.30. The van der Waals surface area contributed by atoms with Crippen molar-refractivity contribution in [1.82, 2.24) is 10.2 Å². The lowest BCUT2D eigenvalue weighted by atomic mass is 9.78. The van der Waals surface area contributed by atoms with E-state index >= 15 is 0 Å². The zero-order valence-electron chi connectivity index (χ0n) is 17.9. The number of furan rings is 1. The Balaban J connectivity index is 1.83. The minimum atomic E-state index is -0.577. The summed E-state index contributed by atoms with van der Waals surface area (Å²) in [6, 6.07) is 3.24. The molecular formula is C22H33N3O4. The lowest BCUT2D eigenvalue weighted by Crippen LogP contribution is -2.64. The van der Waals surface area contributed by atoms with Crippen LogP contribution in [0.2, 0.25) is 0 Å². The van der Waals surface area contributed by atoms with Crippen molar-refractivity contribution >= 4 is 17.9 Å².